The zero-order valence-electron chi connectivity index (χ0n) is 6.95. The number of ketones is 1. The Labute approximate surface area is 85.9 Å². The van der Waals surface area contributed by atoms with Gasteiger partial charge in [-0.05, 0) is 18.2 Å². The smallest absolute Gasteiger partial charge is 0.241 e. The zero-order valence-corrected chi connectivity index (χ0v) is 8.52. The number of nitrogens with one attached hydrogen (secondary N) is 1. The van der Waals surface area contributed by atoms with E-state index in [1.54, 1.807) is 0 Å². The monoisotopic (exact) mass is 231 g/mol. The number of Topliss-reactive ketones (excluding diaryl/α,β-unsaturated/α-hetero) is 1. The van der Waals surface area contributed by atoms with E-state index in [1.807, 2.05) is 0 Å². The first-order valence-electron chi connectivity index (χ1n) is 3.83. The van der Waals surface area contributed by atoms with Gasteiger partial charge in [0.2, 0.25) is 10.0 Å². The van der Waals surface area contributed by atoms with Crippen LogP contribution in [0.3, 0.4) is 0 Å². The third kappa shape index (κ3) is 1.43. The molecule has 0 amide bonds. The molecule has 1 aromatic rings. The summed E-state index contributed by atoms with van der Waals surface area (Å²) in [6, 6.07) is 4.15. The molecule has 1 aliphatic heterocycles. The summed E-state index contributed by atoms with van der Waals surface area (Å²) < 4.78 is 25.0. The zero-order chi connectivity index (χ0) is 10.3. The van der Waals surface area contributed by atoms with Gasteiger partial charge in [0.1, 0.15) is 0 Å². The van der Waals surface area contributed by atoms with Crippen LogP contribution in [0.2, 0.25) is 5.02 Å². The largest absolute Gasteiger partial charge is 0.293 e. The molecule has 1 heterocycles. The van der Waals surface area contributed by atoms with Gasteiger partial charge in [0.15, 0.2) is 5.78 Å². The summed E-state index contributed by atoms with van der Waals surface area (Å²) in [6.45, 7) is -0.199. The molecule has 1 N–H and O–H groups in total. The Morgan fingerprint density at radius 2 is 2.07 bits per heavy atom. The van der Waals surface area contributed by atoms with Crippen molar-refractivity contribution in [3.63, 3.8) is 0 Å². The highest BCUT2D eigenvalue weighted by molar-refractivity contribution is 7.89. The minimum absolute atomic E-state index is 0.00171. The lowest BCUT2D eigenvalue weighted by Gasteiger charge is -2.15. The number of benzene rings is 1. The van der Waals surface area contributed by atoms with Gasteiger partial charge in [0, 0.05) is 10.6 Å². The van der Waals surface area contributed by atoms with Gasteiger partial charge < -0.3 is 0 Å². The van der Waals surface area contributed by atoms with Crippen molar-refractivity contribution in [1.82, 2.24) is 4.72 Å². The summed E-state index contributed by atoms with van der Waals surface area (Å²) in [7, 11) is -3.52. The van der Waals surface area contributed by atoms with Crippen LogP contribution in [0.15, 0.2) is 23.1 Å². The summed E-state index contributed by atoms with van der Waals surface area (Å²) >= 11 is 5.67. The lowest BCUT2D eigenvalue weighted by Crippen LogP contribution is -2.36. The van der Waals surface area contributed by atoms with Crippen LogP contribution in [0.25, 0.3) is 0 Å². The standard InChI is InChI=1S/C8H6ClNO3S/c9-5-1-2-8-6(3-5)7(11)4-10-14(8,12)13/h1-3,10H,4H2. The fraction of sp³-hybridized carbons (Fsp3) is 0.125. The van der Waals surface area contributed by atoms with Crippen molar-refractivity contribution in [3.8, 4) is 0 Å². The highest BCUT2D eigenvalue weighted by Crippen LogP contribution is 2.23. The fourth-order valence-corrected chi connectivity index (χ4v) is 2.65. The predicted molar refractivity (Wildman–Crippen MR) is 51.0 cm³/mol. The van der Waals surface area contributed by atoms with Crippen molar-refractivity contribution in [3.05, 3.63) is 28.8 Å². The van der Waals surface area contributed by atoms with Crippen LogP contribution in [0.4, 0.5) is 0 Å². The topological polar surface area (TPSA) is 63.2 Å². The van der Waals surface area contributed by atoms with Crippen molar-refractivity contribution in [1.29, 1.82) is 0 Å². The fourth-order valence-electron chi connectivity index (χ4n) is 1.29. The number of rotatable bonds is 0. The van der Waals surface area contributed by atoms with Crippen LogP contribution in [-0.2, 0) is 10.0 Å². The van der Waals surface area contributed by atoms with Crippen LogP contribution in [0.5, 0.6) is 0 Å². The van der Waals surface area contributed by atoms with Crippen molar-refractivity contribution < 1.29 is 13.2 Å². The van der Waals surface area contributed by atoms with Crippen molar-refractivity contribution in [2.24, 2.45) is 0 Å². The van der Waals surface area contributed by atoms with E-state index in [2.05, 4.69) is 4.72 Å². The highest BCUT2D eigenvalue weighted by Gasteiger charge is 2.28. The molecule has 0 radical (unpaired) electrons. The molecule has 0 bridgehead atoms. The second-order valence-corrected chi connectivity index (χ2v) is 5.06. The van der Waals surface area contributed by atoms with Gasteiger partial charge in [-0.1, -0.05) is 11.6 Å². The summed E-state index contributed by atoms with van der Waals surface area (Å²) in [5, 5.41) is 0.356. The summed E-state index contributed by atoms with van der Waals surface area (Å²) in [5.74, 6) is -0.266. The number of halogens is 1. The Balaban J connectivity index is 2.76. The Kier molecular flexibility index (Phi) is 2.10. The molecule has 0 aliphatic carbocycles. The van der Waals surface area contributed by atoms with E-state index in [0.29, 0.717) is 5.02 Å². The minimum Gasteiger partial charge on any atom is -0.293 e. The van der Waals surface area contributed by atoms with E-state index in [0.717, 1.165) is 0 Å². The van der Waals surface area contributed by atoms with Gasteiger partial charge in [0.05, 0.1) is 11.4 Å². The second kappa shape index (κ2) is 3.05. The maximum atomic E-state index is 11.4. The summed E-state index contributed by atoms with van der Waals surface area (Å²) in [6.07, 6.45) is 0. The van der Waals surface area contributed by atoms with Crippen LogP contribution in [-0.4, -0.2) is 20.7 Å². The molecule has 0 saturated carbocycles. The van der Waals surface area contributed by atoms with Crippen LogP contribution in [0, 0.1) is 0 Å². The molecule has 1 aliphatic rings. The summed E-state index contributed by atoms with van der Waals surface area (Å²) in [4.78, 5) is 11.3. The van der Waals surface area contributed by atoms with Crippen molar-refractivity contribution in [2.45, 2.75) is 4.90 Å². The van der Waals surface area contributed by atoms with Gasteiger partial charge in [-0.2, -0.15) is 0 Å². The predicted octanol–water partition coefficient (Wildman–Crippen LogP) is 0.815. The molecule has 0 spiro atoms. The number of hydrogen-bond donors (Lipinski definition) is 1. The Morgan fingerprint density at radius 3 is 2.79 bits per heavy atom. The lowest BCUT2D eigenvalue weighted by atomic mass is 10.1. The number of sulfonamides is 1. The molecule has 1 aromatic carbocycles. The first kappa shape index (κ1) is 9.64. The Bertz CT molecular complexity index is 509. The van der Waals surface area contributed by atoms with Crippen LogP contribution < -0.4 is 4.72 Å². The molecule has 0 unspecified atom stereocenters. The van der Waals surface area contributed by atoms with Crippen LogP contribution in [0.1, 0.15) is 10.4 Å². The molecule has 2 rings (SSSR count). The molecule has 74 valence electrons. The quantitative estimate of drug-likeness (QED) is 0.719. The molecular weight excluding hydrogens is 226 g/mol. The molecule has 6 heteroatoms. The highest BCUT2D eigenvalue weighted by atomic mass is 35.5. The number of fused-ring (bicyclic) bond motifs is 1. The van der Waals surface area contributed by atoms with Crippen LogP contribution >= 0.6 is 11.6 Å². The molecule has 0 atom stereocenters. The SMILES string of the molecule is O=C1CNS(=O)(=O)c2ccc(Cl)cc21. The maximum Gasteiger partial charge on any atom is 0.241 e. The van der Waals surface area contributed by atoms with E-state index in [1.165, 1.54) is 18.2 Å². The van der Waals surface area contributed by atoms with E-state index >= 15 is 0 Å². The van der Waals surface area contributed by atoms with E-state index < -0.39 is 10.0 Å². The Morgan fingerprint density at radius 1 is 1.36 bits per heavy atom. The van der Waals surface area contributed by atoms with E-state index in [4.69, 9.17) is 11.6 Å². The van der Waals surface area contributed by atoms with Gasteiger partial charge in [-0.15, -0.1) is 0 Å². The normalized spacial score (nSPS) is 19.1. The minimum atomic E-state index is -3.52. The molecular formula is C8H6ClNO3S. The van der Waals surface area contributed by atoms with Gasteiger partial charge in [-0.3, -0.25) is 4.79 Å². The van der Waals surface area contributed by atoms with Crippen molar-refractivity contribution in [2.75, 3.05) is 6.54 Å². The Hall–Kier alpha value is -0.910. The number of carbonyl (C=O) groups excluding carboxylic acids is 1. The molecule has 0 aromatic heterocycles. The van der Waals surface area contributed by atoms with Gasteiger partial charge in [-0.25, -0.2) is 13.1 Å². The average molecular weight is 232 g/mol. The van der Waals surface area contributed by atoms with Crippen molar-refractivity contribution >= 4 is 27.4 Å². The first-order valence-corrected chi connectivity index (χ1v) is 5.69. The number of carbonyl (C=O) groups is 1. The van der Waals surface area contributed by atoms with E-state index in [-0.39, 0.29) is 22.8 Å². The molecule has 4 nitrogen and oxygen atoms in total. The third-order valence-electron chi connectivity index (χ3n) is 1.95. The molecule has 0 saturated heterocycles. The maximum absolute atomic E-state index is 11.4. The average Bonchev–Trinajstić information content (AvgIpc) is 2.12. The first-order chi connectivity index (χ1) is 6.50. The molecule has 14 heavy (non-hydrogen) atoms. The third-order valence-corrected chi connectivity index (χ3v) is 3.65. The lowest BCUT2D eigenvalue weighted by molar-refractivity contribution is 0.0990. The van der Waals surface area contributed by atoms with E-state index in [9.17, 15) is 13.2 Å². The van der Waals surface area contributed by atoms with Gasteiger partial charge >= 0.3 is 0 Å². The van der Waals surface area contributed by atoms with Gasteiger partial charge in [0.25, 0.3) is 0 Å². The second-order valence-electron chi connectivity index (χ2n) is 2.89. The number of hydrogen-bond acceptors (Lipinski definition) is 3. The molecule has 0 fully saturated rings. The summed E-state index contributed by atoms with van der Waals surface area (Å²) in [5.41, 5.74) is 0.163.